The molecule has 0 radical (unpaired) electrons. The second kappa shape index (κ2) is 2.47. The minimum Gasteiger partial charge on any atom is -0.426 e. The molecular weight excluding hydrogens is 122 g/mol. The molecule has 50 valence electrons. The van der Waals surface area contributed by atoms with Crippen LogP contribution in [0.1, 0.15) is 5.69 Å². The predicted molar refractivity (Wildman–Crippen MR) is 29.8 cm³/mol. The predicted octanol–water partition coefficient (Wildman–Crippen LogP) is -0.0656. The summed E-state index contributed by atoms with van der Waals surface area (Å²) in [6, 6.07) is 0. The Bertz CT molecular complexity index is 167. The average molecular weight is 129 g/mol. The molecule has 0 aliphatic rings. The van der Waals surface area contributed by atoms with Crippen molar-refractivity contribution in [1.82, 2.24) is 4.98 Å². The lowest BCUT2D eigenvalue weighted by molar-refractivity contribution is 0.361. The van der Waals surface area contributed by atoms with E-state index in [1.165, 1.54) is 6.39 Å². The minimum atomic E-state index is 0.206. The van der Waals surface area contributed by atoms with Crippen LogP contribution in [0.5, 0.6) is 0 Å². The number of nitrogens with one attached hydrogen (secondary N) is 1. The van der Waals surface area contributed by atoms with Gasteiger partial charge in [-0.25, -0.2) is 10.5 Å². The molecule has 0 spiro atoms. The number of anilines is 1. The van der Waals surface area contributed by atoms with Gasteiger partial charge < -0.3 is 10.2 Å². The third kappa shape index (κ3) is 1.01. The summed E-state index contributed by atoms with van der Waals surface area (Å²) in [5.74, 6) is 0.206. The van der Waals surface area contributed by atoms with E-state index in [4.69, 9.17) is 10.9 Å². The minimum absolute atomic E-state index is 0.206. The molecular formula is C4H7N3O2. The zero-order valence-corrected chi connectivity index (χ0v) is 4.66. The maximum absolute atomic E-state index is 8.30. The number of nitrogens with two attached hydrogens (primary N) is 1. The molecule has 0 saturated carbocycles. The van der Waals surface area contributed by atoms with Gasteiger partial charge in [-0.3, -0.25) is 5.21 Å². The van der Waals surface area contributed by atoms with Crippen LogP contribution < -0.4 is 11.2 Å². The summed E-state index contributed by atoms with van der Waals surface area (Å²) < 4.78 is 4.65. The normalized spacial score (nSPS) is 9.56. The van der Waals surface area contributed by atoms with Crippen LogP contribution in [0.3, 0.4) is 0 Å². The Morgan fingerprint density at radius 1 is 1.89 bits per heavy atom. The fraction of sp³-hybridized carbons (Fsp3) is 0.250. The number of hydrogen-bond acceptors (Lipinski definition) is 5. The molecule has 0 aromatic carbocycles. The highest BCUT2D eigenvalue weighted by molar-refractivity contribution is 5.32. The summed E-state index contributed by atoms with van der Waals surface area (Å²) in [7, 11) is 0. The first-order valence-corrected chi connectivity index (χ1v) is 2.41. The van der Waals surface area contributed by atoms with Crippen molar-refractivity contribution in [2.24, 2.45) is 5.73 Å². The molecule has 1 aromatic heterocycles. The summed E-state index contributed by atoms with van der Waals surface area (Å²) >= 11 is 0. The van der Waals surface area contributed by atoms with Crippen LogP contribution in [0, 0.1) is 0 Å². The number of oxazole rings is 1. The molecule has 0 amide bonds. The Hall–Kier alpha value is -1.07. The Morgan fingerprint density at radius 3 is 3.11 bits per heavy atom. The van der Waals surface area contributed by atoms with Crippen molar-refractivity contribution in [3.05, 3.63) is 12.1 Å². The monoisotopic (exact) mass is 129 g/mol. The van der Waals surface area contributed by atoms with Gasteiger partial charge in [0.25, 0.3) is 0 Å². The van der Waals surface area contributed by atoms with E-state index in [1.54, 1.807) is 0 Å². The number of nitrogens with zero attached hydrogens (tertiary/aromatic N) is 1. The maximum Gasteiger partial charge on any atom is 0.241 e. The number of aromatic nitrogens is 1. The van der Waals surface area contributed by atoms with Crippen molar-refractivity contribution in [3.63, 3.8) is 0 Å². The van der Waals surface area contributed by atoms with E-state index in [0.717, 1.165) is 0 Å². The fourth-order valence-corrected chi connectivity index (χ4v) is 0.506. The summed E-state index contributed by atoms with van der Waals surface area (Å²) in [6.45, 7) is 0.249. The summed E-state index contributed by atoms with van der Waals surface area (Å²) in [6.07, 6.45) is 1.21. The molecule has 0 atom stereocenters. The number of hydrogen-bond donors (Lipinski definition) is 3. The van der Waals surface area contributed by atoms with Crippen LogP contribution in [0.2, 0.25) is 0 Å². The van der Waals surface area contributed by atoms with Gasteiger partial charge in [0.15, 0.2) is 6.39 Å². The smallest absolute Gasteiger partial charge is 0.241 e. The fourth-order valence-electron chi connectivity index (χ4n) is 0.506. The van der Waals surface area contributed by atoms with E-state index in [-0.39, 0.29) is 12.4 Å². The third-order valence-electron chi connectivity index (χ3n) is 0.936. The van der Waals surface area contributed by atoms with Crippen LogP contribution in [-0.4, -0.2) is 10.2 Å². The van der Waals surface area contributed by atoms with Gasteiger partial charge in [-0.1, -0.05) is 0 Å². The van der Waals surface area contributed by atoms with E-state index >= 15 is 0 Å². The van der Waals surface area contributed by atoms with Crippen LogP contribution in [0.15, 0.2) is 10.8 Å². The van der Waals surface area contributed by atoms with E-state index in [1.807, 2.05) is 5.48 Å². The molecule has 5 nitrogen and oxygen atoms in total. The van der Waals surface area contributed by atoms with Crippen LogP contribution in [0.4, 0.5) is 5.88 Å². The van der Waals surface area contributed by atoms with Gasteiger partial charge in [-0.05, 0) is 0 Å². The molecule has 0 aliphatic carbocycles. The van der Waals surface area contributed by atoms with Crippen molar-refractivity contribution in [3.8, 4) is 0 Å². The molecule has 0 fully saturated rings. The van der Waals surface area contributed by atoms with Crippen molar-refractivity contribution in [2.75, 3.05) is 5.48 Å². The lowest BCUT2D eigenvalue weighted by Gasteiger charge is -1.91. The molecule has 1 heterocycles. The van der Waals surface area contributed by atoms with Gasteiger partial charge in [0, 0.05) is 6.54 Å². The molecule has 0 bridgehead atoms. The first-order chi connectivity index (χ1) is 4.38. The van der Waals surface area contributed by atoms with Gasteiger partial charge in [0.05, 0.1) is 0 Å². The zero-order valence-electron chi connectivity index (χ0n) is 4.66. The zero-order chi connectivity index (χ0) is 6.69. The van der Waals surface area contributed by atoms with Crippen molar-refractivity contribution >= 4 is 5.88 Å². The highest BCUT2D eigenvalue weighted by Crippen LogP contribution is 2.09. The largest absolute Gasteiger partial charge is 0.426 e. The van der Waals surface area contributed by atoms with Crippen LogP contribution in [-0.2, 0) is 6.54 Å². The first kappa shape index (κ1) is 6.06. The summed E-state index contributed by atoms with van der Waals surface area (Å²) in [4.78, 5) is 3.69. The van der Waals surface area contributed by atoms with E-state index in [9.17, 15) is 0 Å². The highest BCUT2D eigenvalue weighted by atomic mass is 16.5. The van der Waals surface area contributed by atoms with Crippen molar-refractivity contribution in [2.45, 2.75) is 6.54 Å². The highest BCUT2D eigenvalue weighted by Gasteiger charge is 2.02. The molecule has 1 aromatic rings. The first-order valence-electron chi connectivity index (χ1n) is 2.41. The van der Waals surface area contributed by atoms with Crippen molar-refractivity contribution < 1.29 is 9.62 Å². The maximum atomic E-state index is 8.30. The summed E-state index contributed by atoms with van der Waals surface area (Å²) in [5, 5.41) is 8.30. The quantitative estimate of drug-likeness (QED) is 0.487. The Balaban J connectivity index is 2.85. The lowest BCUT2D eigenvalue weighted by Crippen LogP contribution is -2.00. The topological polar surface area (TPSA) is 84.3 Å². The molecule has 0 saturated heterocycles. The van der Waals surface area contributed by atoms with E-state index < -0.39 is 0 Å². The van der Waals surface area contributed by atoms with Gasteiger partial charge in [-0.2, -0.15) is 0 Å². The van der Waals surface area contributed by atoms with Gasteiger partial charge >= 0.3 is 0 Å². The van der Waals surface area contributed by atoms with Gasteiger partial charge in [0.2, 0.25) is 5.88 Å². The number of rotatable bonds is 2. The standard InChI is InChI=1S/C4H7N3O2/c5-1-3-4(7-8)9-2-6-3/h2,7-8H,1,5H2. The van der Waals surface area contributed by atoms with E-state index in [2.05, 4.69) is 9.40 Å². The molecule has 0 unspecified atom stereocenters. The molecule has 1 rings (SSSR count). The molecule has 9 heavy (non-hydrogen) atoms. The Labute approximate surface area is 51.4 Å². The molecule has 5 heteroatoms. The lowest BCUT2D eigenvalue weighted by atomic mass is 10.5. The Kier molecular flexibility index (Phi) is 1.66. The molecule has 0 aliphatic heterocycles. The third-order valence-corrected chi connectivity index (χ3v) is 0.936. The second-order valence-corrected chi connectivity index (χ2v) is 1.44. The van der Waals surface area contributed by atoms with Crippen LogP contribution in [0.25, 0.3) is 0 Å². The Morgan fingerprint density at radius 2 is 2.67 bits per heavy atom. The van der Waals surface area contributed by atoms with Crippen LogP contribution >= 0.6 is 0 Å². The van der Waals surface area contributed by atoms with E-state index in [0.29, 0.717) is 5.69 Å². The van der Waals surface area contributed by atoms with Gasteiger partial charge in [-0.15, -0.1) is 0 Å². The average Bonchev–Trinajstić information content (AvgIpc) is 2.33. The second-order valence-electron chi connectivity index (χ2n) is 1.44. The SMILES string of the molecule is NCc1ncoc1NO. The van der Waals surface area contributed by atoms with Gasteiger partial charge in [0.1, 0.15) is 5.69 Å². The summed E-state index contributed by atoms with van der Waals surface area (Å²) in [5.41, 5.74) is 7.53. The molecule has 4 N–H and O–H groups in total. The van der Waals surface area contributed by atoms with Crippen molar-refractivity contribution in [1.29, 1.82) is 0 Å².